The van der Waals surface area contributed by atoms with E-state index in [0.29, 0.717) is 11.6 Å². The number of rotatable bonds is 5. The highest BCUT2D eigenvalue weighted by Gasteiger charge is 2.15. The van der Waals surface area contributed by atoms with Crippen molar-refractivity contribution >= 4 is 11.6 Å². The summed E-state index contributed by atoms with van der Waals surface area (Å²) in [6.07, 6.45) is 0.653. The molecule has 3 rings (SSSR count). The minimum absolute atomic E-state index is 0.211. The van der Waals surface area contributed by atoms with Gasteiger partial charge in [0, 0.05) is 11.3 Å². The summed E-state index contributed by atoms with van der Waals surface area (Å²) in [6, 6.07) is 16.4. The second-order valence-corrected chi connectivity index (χ2v) is 4.88. The zero-order chi connectivity index (χ0) is 16.1. The van der Waals surface area contributed by atoms with Gasteiger partial charge in [-0.1, -0.05) is 18.2 Å². The van der Waals surface area contributed by atoms with Crippen LogP contribution in [-0.4, -0.2) is 22.2 Å². The largest absolute Gasteiger partial charge is 0.481 e. The van der Waals surface area contributed by atoms with Gasteiger partial charge in [-0.2, -0.15) is 0 Å². The fourth-order valence-electron chi connectivity index (χ4n) is 2.00. The number of nitrogens with one attached hydrogen (secondary N) is 1. The summed E-state index contributed by atoms with van der Waals surface area (Å²) < 4.78 is 10.8. The third-order valence-corrected chi connectivity index (χ3v) is 3.18. The molecule has 0 radical (unpaired) electrons. The Hall–Kier alpha value is -3.15. The smallest absolute Gasteiger partial charge is 0.265 e. The van der Waals surface area contributed by atoms with Gasteiger partial charge in [0.1, 0.15) is 5.75 Å². The Balaban J connectivity index is 1.61. The molecular weight excluding hydrogens is 294 g/mol. The predicted molar refractivity (Wildman–Crippen MR) is 84.9 cm³/mol. The summed E-state index contributed by atoms with van der Waals surface area (Å²) >= 11 is 0. The first-order valence-corrected chi connectivity index (χ1v) is 7.11. The number of hydrogen-bond acceptors (Lipinski definition) is 5. The molecule has 0 saturated carbocycles. The van der Waals surface area contributed by atoms with Crippen LogP contribution in [0.3, 0.4) is 0 Å². The molecule has 0 aliphatic carbocycles. The monoisotopic (exact) mass is 309 g/mol. The van der Waals surface area contributed by atoms with Gasteiger partial charge in [0.25, 0.3) is 5.91 Å². The molecule has 0 saturated heterocycles. The van der Waals surface area contributed by atoms with E-state index in [1.54, 1.807) is 31.2 Å². The predicted octanol–water partition coefficient (Wildman–Crippen LogP) is 3.14. The van der Waals surface area contributed by atoms with Crippen LogP contribution in [0.15, 0.2) is 65.4 Å². The molecule has 1 aromatic heterocycles. The molecule has 3 aromatic rings. The van der Waals surface area contributed by atoms with Crippen molar-refractivity contribution in [2.24, 2.45) is 0 Å². The van der Waals surface area contributed by atoms with Crippen LogP contribution in [0.1, 0.15) is 6.92 Å². The summed E-state index contributed by atoms with van der Waals surface area (Å²) in [7, 11) is 0. The number of aromatic nitrogens is 2. The van der Waals surface area contributed by atoms with Crippen molar-refractivity contribution < 1.29 is 13.9 Å². The molecule has 1 amide bonds. The first-order valence-electron chi connectivity index (χ1n) is 7.11. The van der Waals surface area contributed by atoms with Crippen molar-refractivity contribution in [1.82, 2.24) is 10.2 Å². The maximum atomic E-state index is 12.1. The van der Waals surface area contributed by atoms with E-state index in [4.69, 9.17) is 9.15 Å². The van der Waals surface area contributed by atoms with Gasteiger partial charge in [0.15, 0.2) is 6.10 Å². The number of ether oxygens (including phenoxy) is 1. The number of amides is 1. The average molecular weight is 309 g/mol. The quantitative estimate of drug-likeness (QED) is 0.783. The lowest BCUT2D eigenvalue weighted by molar-refractivity contribution is -0.122. The van der Waals surface area contributed by atoms with E-state index in [2.05, 4.69) is 15.5 Å². The summed E-state index contributed by atoms with van der Waals surface area (Å²) in [5.41, 5.74) is 1.52. The zero-order valence-corrected chi connectivity index (χ0v) is 12.5. The minimum Gasteiger partial charge on any atom is -0.481 e. The maximum Gasteiger partial charge on any atom is 0.265 e. The summed E-state index contributed by atoms with van der Waals surface area (Å²) in [6.45, 7) is 1.70. The molecule has 23 heavy (non-hydrogen) atoms. The van der Waals surface area contributed by atoms with Crippen LogP contribution in [0.25, 0.3) is 11.5 Å². The number of hydrogen-bond donors (Lipinski definition) is 1. The first kappa shape index (κ1) is 14.8. The first-order chi connectivity index (χ1) is 11.2. The third-order valence-electron chi connectivity index (χ3n) is 3.18. The van der Waals surface area contributed by atoms with Crippen LogP contribution in [-0.2, 0) is 4.79 Å². The molecule has 1 heterocycles. The van der Waals surface area contributed by atoms with E-state index < -0.39 is 6.10 Å². The summed E-state index contributed by atoms with van der Waals surface area (Å²) in [5.74, 6) is 0.813. The molecular formula is C17H15N3O3. The molecule has 1 N–H and O–H groups in total. The van der Waals surface area contributed by atoms with Crippen LogP contribution in [0, 0.1) is 0 Å². The van der Waals surface area contributed by atoms with Gasteiger partial charge in [-0.15, -0.1) is 10.2 Å². The van der Waals surface area contributed by atoms with Crippen molar-refractivity contribution in [1.29, 1.82) is 0 Å². The highest BCUT2D eigenvalue weighted by Crippen LogP contribution is 2.21. The highest BCUT2D eigenvalue weighted by molar-refractivity contribution is 5.94. The van der Waals surface area contributed by atoms with Crippen molar-refractivity contribution in [2.75, 3.05) is 5.32 Å². The van der Waals surface area contributed by atoms with E-state index in [0.717, 1.165) is 11.3 Å². The highest BCUT2D eigenvalue weighted by atomic mass is 16.5. The van der Waals surface area contributed by atoms with Gasteiger partial charge in [-0.25, -0.2) is 0 Å². The second-order valence-electron chi connectivity index (χ2n) is 4.88. The molecule has 2 aromatic carbocycles. The van der Waals surface area contributed by atoms with Crippen LogP contribution in [0.2, 0.25) is 0 Å². The summed E-state index contributed by atoms with van der Waals surface area (Å²) in [5, 5.41) is 10.3. The normalized spacial score (nSPS) is 11.7. The van der Waals surface area contributed by atoms with E-state index in [9.17, 15) is 4.79 Å². The SMILES string of the molecule is CC(Oc1ccc(-c2nnco2)cc1)C(=O)Nc1ccccc1. The van der Waals surface area contributed by atoms with E-state index in [1.807, 2.05) is 30.3 Å². The van der Waals surface area contributed by atoms with Gasteiger partial charge in [0.2, 0.25) is 12.3 Å². The standard InChI is InChI=1S/C17H15N3O3/c1-12(16(21)19-14-5-3-2-4-6-14)23-15-9-7-13(8-10-15)17-20-18-11-22-17/h2-12H,1H3,(H,19,21). The third kappa shape index (κ3) is 3.74. The van der Waals surface area contributed by atoms with Crippen LogP contribution < -0.4 is 10.1 Å². The molecule has 1 unspecified atom stereocenters. The van der Waals surface area contributed by atoms with E-state index in [1.165, 1.54) is 6.39 Å². The number of benzene rings is 2. The Bertz CT molecular complexity index is 756. The maximum absolute atomic E-state index is 12.1. The van der Waals surface area contributed by atoms with Crippen LogP contribution in [0.4, 0.5) is 5.69 Å². The van der Waals surface area contributed by atoms with Gasteiger partial charge in [-0.3, -0.25) is 4.79 Å². The lowest BCUT2D eigenvalue weighted by Gasteiger charge is -2.14. The lowest BCUT2D eigenvalue weighted by Crippen LogP contribution is -2.30. The van der Waals surface area contributed by atoms with Crippen molar-refractivity contribution in [3.63, 3.8) is 0 Å². The van der Waals surface area contributed by atoms with Gasteiger partial charge in [0.05, 0.1) is 0 Å². The molecule has 0 aliphatic rings. The number of carbonyl (C=O) groups is 1. The Labute approximate surface area is 133 Å². The summed E-state index contributed by atoms with van der Waals surface area (Å²) in [4.78, 5) is 12.1. The second kappa shape index (κ2) is 6.74. The number of anilines is 1. The topological polar surface area (TPSA) is 77.2 Å². The Kier molecular flexibility index (Phi) is 4.33. The lowest BCUT2D eigenvalue weighted by atomic mass is 10.2. The van der Waals surface area contributed by atoms with Crippen molar-refractivity contribution in [3.05, 3.63) is 61.0 Å². The number of para-hydroxylation sites is 1. The molecule has 0 bridgehead atoms. The van der Waals surface area contributed by atoms with E-state index in [-0.39, 0.29) is 5.91 Å². The zero-order valence-electron chi connectivity index (χ0n) is 12.5. The van der Waals surface area contributed by atoms with Crippen LogP contribution >= 0.6 is 0 Å². The molecule has 116 valence electrons. The Morgan fingerprint density at radius 1 is 1.13 bits per heavy atom. The van der Waals surface area contributed by atoms with Crippen LogP contribution in [0.5, 0.6) is 5.75 Å². The molecule has 6 nitrogen and oxygen atoms in total. The van der Waals surface area contributed by atoms with Crippen molar-refractivity contribution in [3.8, 4) is 17.2 Å². The average Bonchev–Trinajstić information content (AvgIpc) is 3.11. The molecule has 0 fully saturated rings. The molecule has 1 atom stereocenters. The van der Waals surface area contributed by atoms with Gasteiger partial charge < -0.3 is 14.5 Å². The van der Waals surface area contributed by atoms with E-state index >= 15 is 0 Å². The molecule has 0 spiro atoms. The molecule has 0 aliphatic heterocycles. The van der Waals surface area contributed by atoms with Gasteiger partial charge >= 0.3 is 0 Å². The Morgan fingerprint density at radius 3 is 2.52 bits per heavy atom. The van der Waals surface area contributed by atoms with Crippen molar-refractivity contribution in [2.45, 2.75) is 13.0 Å². The van der Waals surface area contributed by atoms with Gasteiger partial charge in [-0.05, 0) is 43.3 Å². The minimum atomic E-state index is -0.621. The number of carbonyl (C=O) groups excluding carboxylic acids is 1. The number of nitrogens with zero attached hydrogens (tertiary/aromatic N) is 2. The molecule has 6 heteroatoms. The fraction of sp³-hybridized carbons (Fsp3) is 0.118. The fourth-order valence-corrected chi connectivity index (χ4v) is 2.00. The Morgan fingerprint density at radius 2 is 1.87 bits per heavy atom.